The standard InChI is InChI=1S/C23H25FN4O2/c1-14-15(2)22(24)18(23(30)27-19-5-3-6-20(19)29)12-17(14)11-16-7-8-21(25-13-16)28-10-4-9-26-28/h4,7-10,12-13,19-20,29H,3,5-6,11H2,1-2H3,(H,27,30)/t19-,20-/m0/s1. The minimum Gasteiger partial charge on any atom is -0.391 e. The summed E-state index contributed by atoms with van der Waals surface area (Å²) in [6.45, 7) is 3.55. The zero-order valence-electron chi connectivity index (χ0n) is 17.1. The van der Waals surface area contributed by atoms with Gasteiger partial charge < -0.3 is 10.4 Å². The molecule has 2 aromatic heterocycles. The number of rotatable bonds is 5. The van der Waals surface area contributed by atoms with Gasteiger partial charge in [0.15, 0.2) is 5.82 Å². The van der Waals surface area contributed by atoms with Crippen molar-refractivity contribution in [2.45, 2.75) is 51.7 Å². The third kappa shape index (κ3) is 3.98. The zero-order valence-corrected chi connectivity index (χ0v) is 17.1. The molecule has 6 nitrogen and oxygen atoms in total. The molecular weight excluding hydrogens is 383 g/mol. The van der Waals surface area contributed by atoms with Crippen LogP contribution in [0.2, 0.25) is 0 Å². The molecule has 1 saturated carbocycles. The van der Waals surface area contributed by atoms with Crippen LogP contribution in [0.15, 0.2) is 42.9 Å². The number of carbonyl (C=O) groups is 1. The summed E-state index contributed by atoms with van der Waals surface area (Å²) in [5, 5.41) is 16.9. The Morgan fingerprint density at radius 1 is 1.30 bits per heavy atom. The molecule has 1 aliphatic carbocycles. The first-order chi connectivity index (χ1) is 14.4. The predicted molar refractivity (Wildman–Crippen MR) is 111 cm³/mol. The molecule has 7 heteroatoms. The maximum absolute atomic E-state index is 14.9. The number of hydrogen-bond acceptors (Lipinski definition) is 4. The van der Waals surface area contributed by atoms with Crippen molar-refractivity contribution in [1.29, 1.82) is 0 Å². The number of amides is 1. The van der Waals surface area contributed by atoms with E-state index < -0.39 is 17.8 Å². The smallest absolute Gasteiger partial charge is 0.254 e. The van der Waals surface area contributed by atoms with E-state index in [-0.39, 0.29) is 11.6 Å². The fourth-order valence-electron chi connectivity index (χ4n) is 3.94. The van der Waals surface area contributed by atoms with E-state index in [1.165, 1.54) is 0 Å². The normalized spacial score (nSPS) is 18.5. The molecule has 0 saturated heterocycles. The molecule has 30 heavy (non-hydrogen) atoms. The molecule has 0 spiro atoms. The van der Waals surface area contributed by atoms with Crippen LogP contribution >= 0.6 is 0 Å². The number of carbonyl (C=O) groups excluding carboxylic acids is 1. The lowest BCUT2D eigenvalue weighted by molar-refractivity contribution is 0.0869. The Morgan fingerprint density at radius 2 is 2.13 bits per heavy atom. The molecule has 2 N–H and O–H groups in total. The number of aliphatic hydroxyl groups is 1. The number of pyridine rings is 1. The van der Waals surface area contributed by atoms with Gasteiger partial charge in [-0.2, -0.15) is 5.10 Å². The van der Waals surface area contributed by atoms with Crippen LogP contribution in [0, 0.1) is 19.7 Å². The van der Waals surface area contributed by atoms with Gasteiger partial charge in [0.1, 0.15) is 5.82 Å². The lowest BCUT2D eigenvalue weighted by Gasteiger charge is -2.19. The molecule has 1 fully saturated rings. The Labute approximate surface area is 174 Å². The maximum Gasteiger partial charge on any atom is 0.254 e. The van der Waals surface area contributed by atoms with Crippen LogP contribution in [0.3, 0.4) is 0 Å². The van der Waals surface area contributed by atoms with Gasteiger partial charge in [0.25, 0.3) is 5.91 Å². The van der Waals surface area contributed by atoms with Gasteiger partial charge in [-0.15, -0.1) is 0 Å². The summed E-state index contributed by atoms with van der Waals surface area (Å²) in [7, 11) is 0. The summed E-state index contributed by atoms with van der Waals surface area (Å²) < 4.78 is 16.5. The summed E-state index contributed by atoms with van der Waals surface area (Å²) in [4.78, 5) is 17.2. The lowest BCUT2D eigenvalue weighted by Crippen LogP contribution is -2.40. The van der Waals surface area contributed by atoms with Gasteiger partial charge >= 0.3 is 0 Å². The zero-order chi connectivity index (χ0) is 21.3. The molecule has 0 radical (unpaired) electrons. The van der Waals surface area contributed by atoms with E-state index in [9.17, 15) is 14.3 Å². The van der Waals surface area contributed by atoms with Gasteiger partial charge in [0.05, 0.1) is 17.7 Å². The first-order valence-corrected chi connectivity index (χ1v) is 10.2. The average Bonchev–Trinajstić information content (AvgIpc) is 3.41. The summed E-state index contributed by atoms with van der Waals surface area (Å²) in [6.07, 6.45) is 7.47. The maximum atomic E-state index is 14.9. The van der Waals surface area contributed by atoms with Crippen molar-refractivity contribution < 1.29 is 14.3 Å². The van der Waals surface area contributed by atoms with E-state index in [0.717, 1.165) is 23.1 Å². The fraction of sp³-hybridized carbons (Fsp3) is 0.348. The Balaban J connectivity index is 1.58. The molecule has 0 bridgehead atoms. The molecule has 3 aromatic rings. The van der Waals surface area contributed by atoms with E-state index in [1.54, 1.807) is 30.1 Å². The van der Waals surface area contributed by atoms with Crippen molar-refractivity contribution in [3.63, 3.8) is 0 Å². The van der Waals surface area contributed by atoms with Crippen molar-refractivity contribution in [3.05, 3.63) is 76.5 Å². The topological polar surface area (TPSA) is 80.0 Å². The van der Waals surface area contributed by atoms with Crippen molar-refractivity contribution >= 4 is 5.91 Å². The minimum absolute atomic E-state index is 0.0216. The molecule has 1 aromatic carbocycles. The molecule has 156 valence electrons. The van der Waals surface area contributed by atoms with Gasteiger partial charge in [-0.3, -0.25) is 4.79 Å². The van der Waals surface area contributed by atoms with Gasteiger partial charge in [-0.05, 0) is 80.0 Å². The number of halogens is 1. The largest absolute Gasteiger partial charge is 0.391 e. The SMILES string of the molecule is Cc1c(Cc2ccc(-n3cccn3)nc2)cc(C(=O)N[C@H]2CCC[C@@H]2O)c(F)c1C. The number of aliphatic hydroxyl groups excluding tert-OH is 1. The van der Waals surface area contributed by atoms with Crippen molar-refractivity contribution in [1.82, 2.24) is 20.1 Å². The van der Waals surface area contributed by atoms with Gasteiger partial charge in [-0.25, -0.2) is 14.1 Å². The third-order valence-electron chi connectivity index (χ3n) is 5.91. The van der Waals surface area contributed by atoms with E-state index in [1.807, 2.05) is 31.3 Å². The highest BCUT2D eigenvalue weighted by Crippen LogP contribution is 2.25. The second-order valence-corrected chi connectivity index (χ2v) is 7.88. The Bertz CT molecular complexity index is 1050. The van der Waals surface area contributed by atoms with Crippen LogP contribution in [0.1, 0.15) is 51.9 Å². The highest BCUT2D eigenvalue weighted by atomic mass is 19.1. The van der Waals surface area contributed by atoms with Crippen LogP contribution < -0.4 is 5.32 Å². The quantitative estimate of drug-likeness (QED) is 0.679. The number of nitrogens with zero attached hydrogens (tertiary/aromatic N) is 3. The lowest BCUT2D eigenvalue weighted by atomic mass is 9.94. The molecular formula is C23H25FN4O2. The number of aromatic nitrogens is 3. The van der Waals surface area contributed by atoms with Crippen molar-refractivity contribution in [3.8, 4) is 5.82 Å². The minimum atomic E-state index is -0.567. The highest BCUT2D eigenvalue weighted by molar-refractivity contribution is 5.95. The van der Waals surface area contributed by atoms with E-state index in [2.05, 4.69) is 15.4 Å². The molecule has 0 aliphatic heterocycles. The molecule has 1 amide bonds. The Morgan fingerprint density at radius 3 is 2.77 bits per heavy atom. The van der Waals surface area contributed by atoms with Crippen LogP contribution in [0.4, 0.5) is 4.39 Å². The highest BCUT2D eigenvalue weighted by Gasteiger charge is 2.28. The molecule has 2 heterocycles. The van der Waals surface area contributed by atoms with E-state index in [4.69, 9.17) is 0 Å². The Kier molecular flexibility index (Phi) is 5.63. The molecule has 0 unspecified atom stereocenters. The van der Waals surface area contributed by atoms with Crippen LogP contribution in [-0.4, -0.2) is 37.9 Å². The molecule has 4 rings (SSSR count). The third-order valence-corrected chi connectivity index (χ3v) is 5.91. The van der Waals surface area contributed by atoms with Crippen LogP contribution in [-0.2, 0) is 6.42 Å². The second-order valence-electron chi connectivity index (χ2n) is 7.88. The van der Waals surface area contributed by atoms with Crippen molar-refractivity contribution in [2.75, 3.05) is 0 Å². The summed E-state index contributed by atoms with van der Waals surface area (Å²) in [5.41, 5.74) is 3.14. The molecule has 2 atom stereocenters. The summed E-state index contributed by atoms with van der Waals surface area (Å²) >= 11 is 0. The first-order valence-electron chi connectivity index (χ1n) is 10.2. The van der Waals surface area contributed by atoms with Gasteiger partial charge in [0, 0.05) is 18.6 Å². The predicted octanol–water partition coefficient (Wildman–Crippen LogP) is 3.26. The van der Waals surface area contributed by atoms with Gasteiger partial charge in [0.2, 0.25) is 0 Å². The average molecular weight is 408 g/mol. The van der Waals surface area contributed by atoms with E-state index >= 15 is 0 Å². The van der Waals surface area contributed by atoms with E-state index in [0.29, 0.717) is 30.6 Å². The second kappa shape index (κ2) is 8.36. The van der Waals surface area contributed by atoms with Crippen LogP contribution in [0.5, 0.6) is 0 Å². The first kappa shape index (κ1) is 20.2. The number of benzene rings is 1. The Hall–Kier alpha value is -3.06. The number of hydrogen-bond donors (Lipinski definition) is 2. The summed E-state index contributed by atoms with van der Waals surface area (Å²) in [5.74, 6) is -0.269. The monoisotopic (exact) mass is 408 g/mol. The summed E-state index contributed by atoms with van der Waals surface area (Å²) in [6, 6.07) is 6.97. The fourth-order valence-corrected chi connectivity index (χ4v) is 3.94. The number of nitrogens with one attached hydrogen (secondary N) is 1. The van der Waals surface area contributed by atoms with Crippen LogP contribution in [0.25, 0.3) is 5.82 Å². The van der Waals surface area contributed by atoms with Crippen molar-refractivity contribution in [2.24, 2.45) is 0 Å². The molecule has 1 aliphatic rings. The van der Waals surface area contributed by atoms with Gasteiger partial charge in [-0.1, -0.05) is 6.07 Å².